The van der Waals surface area contributed by atoms with Gasteiger partial charge in [0, 0.05) is 6.54 Å². The Kier molecular flexibility index (Phi) is 5.33. The molecule has 98 valence electrons. The van der Waals surface area contributed by atoms with Crippen LogP contribution in [0.4, 0.5) is 0 Å². The number of carbonyl (C=O) groups excluding carboxylic acids is 2. The van der Waals surface area contributed by atoms with Gasteiger partial charge in [-0.3, -0.25) is 19.9 Å². The quantitative estimate of drug-likeness (QED) is 0.294. The zero-order valence-corrected chi connectivity index (χ0v) is 10.0. The lowest BCUT2D eigenvalue weighted by molar-refractivity contribution is -0.132. The number of likely N-dealkylation sites (N-methyl/N-ethyl adjacent to an activating group) is 1. The molecular formula is C10H20N4O3. The van der Waals surface area contributed by atoms with Gasteiger partial charge in [-0.1, -0.05) is 6.92 Å². The number of primary amides is 1. The van der Waals surface area contributed by atoms with E-state index in [1.807, 2.05) is 11.8 Å². The van der Waals surface area contributed by atoms with Crippen LogP contribution in [0.25, 0.3) is 0 Å². The second kappa shape index (κ2) is 6.53. The minimum absolute atomic E-state index is 0.0448. The van der Waals surface area contributed by atoms with E-state index in [-0.39, 0.29) is 24.5 Å². The number of rotatable bonds is 6. The van der Waals surface area contributed by atoms with Crippen molar-refractivity contribution < 1.29 is 14.3 Å². The summed E-state index contributed by atoms with van der Waals surface area (Å²) in [5.74, 6) is 4.38. The van der Waals surface area contributed by atoms with E-state index in [1.54, 1.807) is 0 Å². The highest BCUT2D eigenvalue weighted by molar-refractivity contribution is 5.80. The largest absolute Gasteiger partial charge is 0.369 e. The second-order valence-electron chi connectivity index (χ2n) is 4.13. The Labute approximate surface area is 100 Å². The maximum absolute atomic E-state index is 11.2. The monoisotopic (exact) mass is 244 g/mol. The number of nitrogens with zero attached hydrogens (tertiary/aromatic N) is 1. The van der Waals surface area contributed by atoms with Crippen molar-refractivity contribution in [3.8, 4) is 0 Å². The minimum atomic E-state index is -0.475. The summed E-state index contributed by atoms with van der Waals surface area (Å²) in [6.45, 7) is 3.48. The molecule has 7 heteroatoms. The molecule has 1 fully saturated rings. The van der Waals surface area contributed by atoms with E-state index in [1.165, 1.54) is 0 Å². The lowest BCUT2D eigenvalue weighted by Crippen LogP contribution is -2.41. The molecule has 1 aliphatic heterocycles. The molecule has 0 aromatic carbocycles. The highest BCUT2D eigenvalue weighted by Gasteiger charge is 2.31. The molecule has 0 spiro atoms. The van der Waals surface area contributed by atoms with E-state index >= 15 is 0 Å². The standard InChI is InChI=1S/C10H20N4O3/c1-2-14(6-9(11)15)5-7-3-4-8(17-7)10(16)13-12/h7-8H,2-6,12H2,1H3,(H2,11,15)(H,13,16). The smallest absolute Gasteiger partial charge is 0.263 e. The fraction of sp³-hybridized carbons (Fsp3) is 0.800. The Hall–Kier alpha value is -1.18. The van der Waals surface area contributed by atoms with Gasteiger partial charge in [0.05, 0.1) is 12.6 Å². The van der Waals surface area contributed by atoms with Crippen LogP contribution in [-0.2, 0) is 14.3 Å². The molecule has 0 aromatic rings. The van der Waals surface area contributed by atoms with Crippen LogP contribution < -0.4 is 17.0 Å². The summed E-state index contributed by atoms with van der Waals surface area (Å²) in [5.41, 5.74) is 7.21. The normalized spacial score (nSPS) is 23.9. The summed E-state index contributed by atoms with van der Waals surface area (Å²) in [7, 11) is 0. The van der Waals surface area contributed by atoms with Gasteiger partial charge in [0.25, 0.3) is 5.91 Å². The number of amides is 2. The van der Waals surface area contributed by atoms with Crippen LogP contribution in [0, 0.1) is 0 Å². The Balaban J connectivity index is 2.38. The molecule has 0 radical (unpaired) electrons. The number of carbonyl (C=O) groups is 2. The molecule has 0 saturated carbocycles. The fourth-order valence-corrected chi connectivity index (χ4v) is 1.94. The highest BCUT2D eigenvalue weighted by Crippen LogP contribution is 2.20. The van der Waals surface area contributed by atoms with E-state index in [4.69, 9.17) is 16.3 Å². The van der Waals surface area contributed by atoms with E-state index in [9.17, 15) is 9.59 Å². The van der Waals surface area contributed by atoms with Crippen LogP contribution in [-0.4, -0.2) is 48.6 Å². The number of ether oxygens (including phenoxy) is 1. The summed E-state index contributed by atoms with van der Waals surface area (Å²) >= 11 is 0. The molecule has 2 unspecified atom stereocenters. The van der Waals surface area contributed by atoms with E-state index in [0.717, 1.165) is 13.0 Å². The first kappa shape index (κ1) is 13.9. The molecule has 2 amide bonds. The van der Waals surface area contributed by atoms with Gasteiger partial charge in [-0.05, 0) is 19.4 Å². The molecule has 5 N–H and O–H groups in total. The lowest BCUT2D eigenvalue weighted by Gasteiger charge is -2.22. The molecule has 1 saturated heterocycles. The third-order valence-electron chi connectivity index (χ3n) is 2.83. The van der Waals surface area contributed by atoms with Crippen molar-refractivity contribution in [2.45, 2.75) is 32.0 Å². The van der Waals surface area contributed by atoms with Crippen molar-refractivity contribution in [3.05, 3.63) is 0 Å². The fourth-order valence-electron chi connectivity index (χ4n) is 1.94. The van der Waals surface area contributed by atoms with Crippen LogP contribution in [0.1, 0.15) is 19.8 Å². The molecule has 0 bridgehead atoms. The van der Waals surface area contributed by atoms with Gasteiger partial charge in [0.2, 0.25) is 5.91 Å². The van der Waals surface area contributed by atoms with Crippen LogP contribution in [0.15, 0.2) is 0 Å². The average molecular weight is 244 g/mol. The second-order valence-corrected chi connectivity index (χ2v) is 4.13. The third-order valence-corrected chi connectivity index (χ3v) is 2.83. The number of nitrogens with two attached hydrogens (primary N) is 2. The van der Waals surface area contributed by atoms with Crippen molar-refractivity contribution in [1.82, 2.24) is 10.3 Å². The summed E-state index contributed by atoms with van der Waals surface area (Å²) in [6.07, 6.45) is 0.920. The highest BCUT2D eigenvalue weighted by atomic mass is 16.5. The molecule has 1 rings (SSSR count). The van der Waals surface area contributed by atoms with Crippen LogP contribution in [0.2, 0.25) is 0 Å². The topological polar surface area (TPSA) is 111 Å². The lowest BCUT2D eigenvalue weighted by atomic mass is 10.2. The van der Waals surface area contributed by atoms with Crippen molar-refractivity contribution >= 4 is 11.8 Å². The van der Waals surface area contributed by atoms with E-state index in [2.05, 4.69) is 5.43 Å². The van der Waals surface area contributed by atoms with Crippen molar-refractivity contribution in [2.24, 2.45) is 11.6 Å². The van der Waals surface area contributed by atoms with Gasteiger partial charge in [-0.2, -0.15) is 0 Å². The molecule has 0 aliphatic carbocycles. The third kappa shape index (κ3) is 4.29. The van der Waals surface area contributed by atoms with Crippen molar-refractivity contribution in [1.29, 1.82) is 0 Å². The van der Waals surface area contributed by atoms with Gasteiger partial charge < -0.3 is 10.5 Å². The minimum Gasteiger partial charge on any atom is -0.369 e. The average Bonchev–Trinajstić information content (AvgIpc) is 2.75. The van der Waals surface area contributed by atoms with Crippen LogP contribution >= 0.6 is 0 Å². The number of nitrogens with one attached hydrogen (secondary N) is 1. The zero-order valence-electron chi connectivity index (χ0n) is 10.0. The SMILES string of the molecule is CCN(CC(N)=O)CC1CCC(C(=O)NN)O1. The summed E-state index contributed by atoms with van der Waals surface area (Å²) in [4.78, 5) is 24.0. The molecule has 0 aromatic heterocycles. The summed E-state index contributed by atoms with van der Waals surface area (Å²) in [6, 6.07) is 0. The summed E-state index contributed by atoms with van der Waals surface area (Å²) in [5, 5.41) is 0. The molecule has 1 heterocycles. The predicted molar refractivity (Wildman–Crippen MR) is 61.5 cm³/mol. The van der Waals surface area contributed by atoms with Crippen LogP contribution in [0.3, 0.4) is 0 Å². The van der Waals surface area contributed by atoms with Crippen molar-refractivity contribution in [3.63, 3.8) is 0 Å². The predicted octanol–water partition coefficient (Wildman–Crippen LogP) is -1.67. The molecule has 17 heavy (non-hydrogen) atoms. The Morgan fingerprint density at radius 3 is 2.71 bits per heavy atom. The number of hydrazine groups is 1. The van der Waals surface area contributed by atoms with Gasteiger partial charge in [-0.25, -0.2) is 5.84 Å². The van der Waals surface area contributed by atoms with Crippen molar-refractivity contribution in [2.75, 3.05) is 19.6 Å². The van der Waals surface area contributed by atoms with E-state index in [0.29, 0.717) is 13.0 Å². The van der Waals surface area contributed by atoms with Gasteiger partial charge in [0.15, 0.2) is 0 Å². The number of hydrogen-bond acceptors (Lipinski definition) is 5. The van der Waals surface area contributed by atoms with Gasteiger partial charge in [-0.15, -0.1) is 0 Å². The maximum atomic E-state index is 11.2. The molecule has 7 nitrogen and oxygen atoms in total. The first-order valence-corrected chi connectivity index (χ1v) is 5.73. The maximum Gasteiger partial charge on any atom is 0.263 e. The Morgan fingerprint density at radius 1 is 1.47 bits per heavy atom. The van der Waals surface area contributed by atoms with Crippen LogP contribution in [0.5, 0.6) is 0 Å². The molecule has 2 atom stereocenters. The van der Waals surface area contributed by atoms with E-state index < -0.39 is 6.10 Å². The molecular weight excluding hydrogens is 224 g/mol. The van der Waals surface area contributed by atoms with Gasteiger partial charge in [0.1, 0.15) is 6.10 Å². The summed E-state index contributed by atoms with van der Waals surface area (Å²) < 4.78 is 5.54. The first-order chi connectivity index (χ1) is 8.06. The molecule has 1 aliphatic rings. The zero-order chi connectivity index (χ0) is 12.8. The first-order valence-electron chi connectivity index (χ1n) is 5.73. The number of hydrogen-bond donors (Lipinski definition) is 3. The Bertz CT molecular complexity index is 285. The van der Waals surface area contributed by atoms with Gasteiger partial charge >= 0.3 is 0 Å². The Morgan fingerprint density at radius 2 is 2.18 bits per heavy atom.